The number of rotatable bonds is 3. The van der Waals surface area contributed by atoms with Crippen molar-refractivity contribution in [2.45, 2.75) is 20.5 Å². The number of nitrogens with zero attached hydrogens (tertiary/aromatic N) is 1. The van der Waals surface area contributed by atoms with E-state index in [-0.39, 0.29) is 6.61 Å². The van der Waals surface area contributed by atoms with E-state index >= 15 is 0 Å². The van der Waals surface area contributed by atoms with E-state index in [1.807, 2.05) is 12.3 Å². The first-order chi connectivity index (χ1) is 8.06. The van der Waals surface area contributed by atoms with Crippen LogP contribution in [0.25, 0.3) is 0 Å². The Morgan fingerprint density at radius 1 is 1.24 bits per heavy atom. The molecule has 17 heavy (non-hydrogen) atoms. The van der Waals surface area contributed by atoms with Gasteiger partial charge in [-0.2, -0.15) is 0 Å². The minimum atomic E-state index is -0.903. The van der Waals surface area contributed by atoms with E-state index in [2.05, 4.69) is 4.98 Å². The Hall–Kier alpha value is -1.49. The van der Waals surface area contributed by atoms with Crippen LogP contribution in [0, 0.1) is 25.5 Å². The maximum Gasteiger partial charge on any atom is 0.162 e. The molecule has 0 aliphatic carbocycles. The van der Waals surface area contributed by atoms with Crippen LogP contribution in [-0.2, 0) is 6.61 Å². The van der Waals surface area contributed by atoms with E-state index in [1.165, 1.54) is 11.3 Å². The molecule has 0 atom stereocenters. The van der Waals surface area contributed by atoms with Gasteiger partial charge in [0.25, 0.3) is 0 Å². The Balaban J connectivity index is 2.11. The maximum absolute atomic E-state index is 13.0. The molecule has 0 unspecified atom stereocenters. The van der Waals surface area contributed by atoms with E-state index in [9.17, 15) is 8.78 Å². The summed E-state index contributed by atoms with van der Waals surface area (Å²) in [6.07, 6.45) is 0. The van der Waals surface area contributed by atoms with Gasteiger partial charge in [0, 0.05) is 11.4 Å². The highest BCUT2D eigenvalue weighted by Crippen LogP contribution is 2.22. The minimum Gasteiger partial charge on any atom is -0.487 e. The van der Waals surface area contributed by atoms with Crippen LogP contribution in [0.15, 0.2) is 17.5 Å². The third-order valence-electron chi connectivity index (χ3n) is 2.26. The second-order valence-electron chi connectivity index (χ2n) is 3.68. The number of benzene rings is 1. The zero-order chi connectivity index (χ0) is 12.4. The van der Waals surface area contributed by atoms with Gasteiger partial charge in [-0.25, -0.2) is 13.8 Å². The molecule has 0 bridgehead atoms. The summed E-state index contributed by atoms with van der Waals surface area (Å²) in [6.45, 7) is 3.83. The van der Waals surface area contributed by atoms with Gasteiger partial charge in [0.2, 0.25) is 0 Å². The van der Waals surface area contributed by atoms with Crippen LogP contribution in [0.1, 0.15) is 16.3 Å². The average Bonchev–Trinajstić information content (AvgIpc) is 2.68. The highest BCUT2D eigenvalue weighted by atomic mass is 32.1. The van der Waals surface area contributed by atoms with Gasteiger partial charge in [0.15, 0.2) is 11.6 Å². The Bertz CT molecular complexity index is 539. The molecule has 0 fully saturated rings. The first-order valence-corrected chi connectivity index (χ1v) is 5.93. The molecule has 0 aliphatic heterocycles. The van der Waals surface area contributed by atoms with Crippen LogP contribution < -0.4 is 4.74 Å². The number of hydrogen-bond acceptors (Lipinski definition) is 3. The monoisotopic (exact) mass is 255 g/mol. The second kappa shape index (κ2) is 4.79. The molecule has 5 heteroatoms. The van der Waals surface area contributed by atoms with Crippen molar-refractivity contribution in [3.05, 3.63) is 45.4 Å². The lowest BCUT2D eigenvalue weighted by Crippen LogP contribution is -1.99. The van der Waals surface area contributed by atoms with Crippen molar-refractivity contribution < 1.29 is 13.5 Å². The SMILES string of the molecule is Cc1nc(COc2cc(F)c(F)cc2C)cs1. The fraction of sp³-hybridized carbons (Fsp3) is 0.250. The third kappa shape index (κ3) is 2.79. The minimum absolute atomic E-state index is 0.260. The second-order valence-corrected chi connectivity index (χ2v) is 4.74. The molecule has 1 heterocycles. The van der Waals surface area contributed by atoms with Gasteiger partial charge in [-0.05, 0) is 25.5 Å². The van der Waals surface area contributed by atoms with Crippen molar-refractivity contribution in [3.63, 3.8) is 0 Å². The predicted octanol–water partition coefficient (Wildman–Crippen LogP) is 3.62. The number of ether oxygens (including phenoxy) is 1. The molecule has 0 N–H and O–H groups in total. The van der Waals surface area contributed by atoms with Crippen molar-refractivity contribution in [1.82, 2.24) is 4.98 Å². The van der Waals surface area contributed by atoms with E-state index < -0.39 is 11.6 Å². The molecule has 0 saturated heterocycles. The maximum atomic E-state index is 13.0. The summed E-state index contributed by atoms with van der Waals surface area (Å²) < 4.78 is 31.3. The summed E-state index contributed by atoms with van der Waals surface area (Å²) in [6, 6.07) is 2.18. The quantitative estimate of drug-likeness (QED) is 0.835. The van der Waals surface area contributed by atoms with Crippen LogP contribution in [-0.4, -0.2) is 4.98 Å². The van der Waals surface area contributed by atoms with E-state index in [1.54, 1.807) is 6.92 Å². The molecule has 0 saturated carbocycles. The lowest BCUT2D eigenvalue weighted by molar-refractivity contribution is 0.297. The third-order valence-corrected chi connectivity index (χ3v) is 3.08. The highest BCUT2D eigenvalue weighted by Gasteiger charge is 2.08. The number of hydrogen-bond donors (Lipinski definition) is 0. The number of halogens is 2. The van der Waals surface area contributed by atoms with E-state index in [0.717, 1.165) is 22.8 Å². The predicted molar refractivity (Wildman–Crippen MR) is 62.3 cm³/mol. The van der Waals surface area contributed by atoms with Crippen molar-refractivity contribution in [1.29, 1.82) is 0 Å². The standard InChI is InChI=1S/C12H11F2NOS/c1-7-3-10(13)11(14)4-12(7)16-5-9-6-17-8(2)15-9/h3-4,6H,5H2,1-2H3. The summed E-state index contributed by atoms with van der Waals surface area (Å²) in [7, 11) is 0. The Morgan fingerprint density at radius 2 is 1.94 bits per heavy atom. The molecule has 1 aromatic heterocycles. The van der Waals surface area contributed by atoms with Crippen LogP contribution in [0.5, 0.6) is 5.75 Å². The Kier molecular flexibility index (Phi) is 3.38. The van der Waals surface area contributed by atoms with Gasteiger partial charge in [-0.1, -0.05) is 0 Å². The first kappa shape index (κ1) is 12.0. The largest absolute Gasteiger partial charge is 0.487 e. The van der Waals surface area contributed by atoms with Crippen LogP contribution >= 0.6 is 11.3 Å². The van der Waals surface area contributed by atoms with Gasteiger partial charge in [-0.3, -0.25) is 0 Å². The summed E-state index contributed by atoms with van der Waals surface area (Å²) in [5.41, 5.74) is 1.35. The fourth-order valence-corrected chi connectivity index (χ4v) is 2.01. The van der Waals surface area contributed by atoms with Gasteiger partial charge >= 0.3 is 0 Å². The lowest BCUT2D eigenvalue weighted by atomic mass is 10.2. The zero-order valence-corrected chi connectivity index (χ0v) is 10.3. The molecule has 0 spiro atoms. The van der Waals surface area contributed by atoms with Gasteiger partial charge in [0.1, 0.15) is 12.4 Å². The molecule has 2 aromatic rings. The van der Waals surface area contributed by atoms with Gasteiger partial charge in [-0.15, -0.1) is 11.3 Å². The topological polar surface area (TPSA) is 22.1 Å². The number of thiazole rings is 1. The Labute approximate surface area is 102 Å². The summed E-state index contributed by atoms with van der Waals surface area (Å²) in [5, 5.41) is 2.83. The average molecular weight is 255 g/mol. The highest BCUT2D eigenvalue weighted by molar-refractivity contribution is 7.09. The van der Waals surface area contributed by atoms with Crippen LogP contribution in [0.2, 0.25) is 0 Å². The molecule has 2 rings (SSSR count). The zero-order valence-electron chi connectivity index (χ0n) is 9.46. The molecule has 2 nitrogen and oxygen atoms in total. The molecule has 0 aliphatic rings. The molecular formula is C12H11F2NOS. The van der Waals surface area contributed by atoms with Crippen molar-refractivity contribution >= 4 is 11.3 Å². The van der Waals surface area contributed by atoms with Gasteiger partial charge < -0.3 is 4.74 Å². The fourth-order valence-electron chi connectivity index (χ4n) is 1.41. The van der Waals surface area contributed by atoms with Gasteiger partial charge in [0.05, 0.1) is 10.7 Å². The smallest absolute Gasteiger partial charge is 0.162 e. The van der Waals surface area contributed by atoms with Crippen LogP contribution in [0.4, 0.5) is 8.78 Å². The molecular weight excluding hydrogens is 244 g/mol. The molecule has 0 amide bonds. The van der Waals surface area contributed by atoms with E-state index in [4.69, 9.17) is 4.74 Å². The molecule has 90 valence electrons. The Morgan fingerprint density at radius 3 is 2.59 bits per heavy atom. The van der Waals surface area contributed by atoms with Crippen molar-refractivity contribution in [3.8, 4) is 5.75 Å². The number of aryl methyl sites for hydroxylation is 2. The van der Waals surface area contributed by atoms with Crippen molar-refractivity contribution in [2.24, 2.45) is 0 Å². The normalized spacial score (nSPS) is 10.6. The van der Waals surface area contributed by atoms with Crippen LogP contribution in [0.3, 0.4) is 0 Å². The molecule has 0 radical (unpaired) electrons. The summed E-state index contributed by atoms with van der Waals surface area (Å²) in [5.74, 6) is -1.42. The van der Waals surface area contributed by atoms with Crippen molar-refractivity contribution in [2.75, 3.05) is 0 Å². The first-order valence-electron chi connectivity index (χ1n) is 5.05. The lowest BCUT2D eigenvalue weighted by Gasteiger charge is -2.08. The number of aromatic nitrogens is 1. The summed E-state index contributed by atoms with van der Waals surface area (Å²) in [4.78, 5) is 4.22. The van der Waals surface area contributed by atoms with E-state index in [0.29, 0.717) is 11.3 Å². The molecule has 1 aromatic carbocycles. The summed E-state index contributed by atoms with van der Waals surface area (Å²) >= 11 is 1.52.